The Morgan fingerprint density at radius 2 is 1.96 bits per heavy atom. The number of nitrogens with zero attached hydrogens (tertiary/aromatic N) is 3. The van der Waals surface area contributed by atoms with Crippen LogP contribution in [0.1, 0.15) is 34.5 Å². The Kier molecular flexibility index (Phi) is 3.06. The van der Waals surface area contributed by atoms with E-state index in [0.29, 0.717) is 35.4 Å². The van der Waals surface area contributed by atoms with Crippen molar-refractivity contribution in [2.24, 2.45) is 0 Å². The van der Waals surface area contributed by atoms with E-state index >= 15 is 0 Å². The zero-order valence-electron chi connectivity index (χ0n) is 13.1. The van der Waals surface area contributed by atoms with Crippen LogP contribution in [0.4, 0.5) is 0 Å². The molecule has 0 N–H and O–H groups in total. The topological polar surface area (TPSA) is 83.3 Å². The van der Waals surface area contributed by atoms with E-state index in [0.717, 1.165) is 12.0 Å². The Labute approximate surface area is 141 Å². The summed E-state index contributed by atoms with van der Waals surface area (Å²) in [7, 11) is 0. The summed E-state index contributed by atoms with van der Waals surface area (Å²) in [5, 5.41) is 0.384. The van der Waals surface area contributed by atoms with Crippen molar-refractivity contribution in [3.05, 3.63) is 64.0 Å². The highest BCUT2D eigenvalue weighted by atomic mass is 16.7. The van der Waals surface area contributed by atoms with E-state index in [2.05, 4.69) is 9.97 Å². The first-order chi connectivity index (χ1) is 12.2. The number of rotatable bonds is 1. The normalized spacial score (nSPS) is 16.9. The van der Waals surface area contributed by atoms with E-state index in [1.807, 2.05) is 6.07 Å². The molecule has 4 heterocycles. The van der Waals surface area contributed by atoms with Gasteiger partial charge in [-0.15, -0.1) is 0 Å². The molecular weight excluding hydrogens is 322 g/mol. The van der Waals surface area contributed by atoms with Crippen LogP contribution in [0.25, 0.3) is 16.6 Å². The average molecular weight is 335 g/mol. The molecule has 3 aromatic rings. The third-order valence-electron chi connectivity index (χ3n) is 4.48. The van der Waals surface area contributed by atoms with Gasteiger partial charge in [-0.2, -0.15) is 0 Å². The van der Waals surface area contributed by atoms with Gasteiger partial charge in [-0.05, 0) is 24.6 Å². The molecule has 5 rings (SSSR count). The van der Waals surface area contributed by atoms with E-state index in [1.54, 1.807) is 24.4 Å². The van der Waals surface area contributed by atoms with Crippen LogP contribution in [0.2, 0.25) is 0 Å². The average Bonchev–Trinajstić information content (AvgIpc) is 2.95. The molecular formula is C18H13N3O4. The molecule has 1 fully saturated rings. The van der Waals surface area contributed by atoms with Crippen LogP contribution in [-0.2, 0) is 9.47 Å². The molecule has 124 valence electrons. The highest BCUT2D eigenvalue weighted by molar-refractivity contribution is 6.13. The third-order valence-corrected chi connectivity index (χ3v) is 4.48. The molecule has 0 bridgehead atoms. The monoisotopic (exact) mass is 335 g/mol. The predicted molar refractivity (Wildman–Crippen MR) is 87.8 cm³/mol. The van der Waals surface area contributed by atoms with Crippen LogP contribution in [-0.4, -0.2) is 33.5 Å². The van der Waals surface area contributed by atoms with Crippen molar-refractivity contribution in [1.29, 1.82) is 0 Å². The summed E-state index contributed by atoms with van der Waals surface area (Å²) in [6.45, 7) is 1.24. The minimum Gasteiger partial charge on any atom is -0.348 e. The van der Waals surface area contributed by atoms with Gasteiger partial charge >= 0.3 is 0 Å². The lowest BCUT2D eigenvalue weighted by molar-refractivity contribution is -0.183. The zero-order chi connectivity index (χ0) is 17.0. The molecule has 0 spiro atoms. The van der Waals surface area contributed by atoms with Crippen molar-refractivity contribution >= 4 is 16.7 Å². The van der Waals surface area contributed by atoms with Crippen molar-refractivity contribution in [3.8, 4) is 5.69 Å². The number of carbonyl (C=O) groups is 1. The Bertz CT molecular complexity index is 1080. The number of benzene rings is 1. The fourth-order valence-electron chi connectivity index (χ4n) is 3.28. The SMILES string of the molecule is O=C1c2cc(C3OCCCO3)ccc2-n2c1nc1ccncc1c2=O. The number of carbonyl (C=O) groups excluding carboxylic acids is 1. The summed E-state index contributed by atoms with van der Waals surface area (Å²) in [6, 6.07) is 6.91. The highest BCUT2D eigenvalue weighted by Gasteiger charge is 2.31. The zero-order valence-corrected chi connectivity index (χ0v) is 13.1. The van der Waals surface area contributed by atoms with E-state index in [-0.39, 0.29) is 17.2 Å². The number of ketones is 1. The van der Waals surface area contributed by atoms with Gasteiger partial charge in [0.15, 0.2) is 12.1 Å². The van der Waals surface area contributed by atoms with E-state index in [9.17, 15) is 9.59 Å². The van der Waals surface area contributed by atoms with Crippen molar-refractivity contribution in [1.82, 2.24) is 14.5 Å². The summed E-state index contributed by atoms with van der Waals surface area (Å²) in [6.07, 6.45) is 3.39. The van der Waals surface area contributed by atoms with Gasteiger partial charge in [0.25, 0.3) is 5.56 Å². The van der Waals surface area contributed by atoms with Crippen molar-refractivity contribution in [3.63, 3.8) is 0 Å². The molecule has 7 nitrogen and oxygen atoms in total. The second kappa shape index (κ2) is 5.30. The number of fused-ring (bicyclic) bond motifs is 4. The predicted octanol–water partition coefficient (Wildman–Crippen LogP) is 1.76. The summed E-state index contributed by atoms with van der Waals surface area (Å²) in [5.41, 5.74) is 1.90. The maximum Gasteiger partial charge on any atom is 0.267 e. The standard InChI is InChI=1S/C18H13N3O4/c22-15-11-8-10(18-24-6-1-7-25-18)2-3-14(11)21-16(15)20-13-4-5-19-9-12(13)17(21)23/h2-5,8-9,18H,1,6-7H2. The Balaban J connectivity index is 1.70. The molecule has 0 amide bonds. The molecule has 2 aliphatic rings. The first-order valence-corrected chi connectivity index (χ1v) is 8.03. The van der Waals surface area contributed by atoms with Crippen LogP contribution in [0.3, 0.4) is 0 Å². The number of hydrogen-bond acceptors (Lipinski definition) is 6. The number of ether oxygens (including phenoxy) is 2. The second-order valence-electron chi connectivity index (χ2n) is 6.00. The van der Waals surface area contributed by atoms with E-state index < -0.39 is 6.29 Å². The van der Waals surface area contributed by atoms with Crippen molar-refractivity contribution in [2.45, 2.75) is 12.7 Å². The van der Waals surface area contributed by atoms with E-state index in [1.165, 1.54) is 10.8 Å². The van der Waals surface area contributed by atoms with Gasteiger partial charge in [-0.1, -0.05) is 6.07 Å². The van der Waals surface area contributed by atoms with Crippen LogP contribution < -0.4 is 5.56 Å². The smallest absolute Gasteiger partial charge is 0.267 e. The summed E-state index contributed by atoms with van der Waals surface area (Å²) < 4.78 is 12.5. The molecule has 0 saturated carbocycles. The highest BCUT2D eigenvalue weighted by Crippen LogP contribution is 2.31. The molecule has 2 aromatic heterocycles. The van der Waals surface area contributed by atoms with Gasteiger partial charge < -0.3 is 9.47 Å². The lowest BCUT2D eigenvalue weighted by Gasteiger charge is -2.23. The minimum absolute atomic E-state index is 0.126. The van der Waals surface area contributed by atoms with Crippen LogP contribution in [0.5, 0.6) is 0 Å². The van der Waals surface area contributed by atoms with Gasteiger partial charge in [0, 0.05) is 18.0 Å². The quantitative estimate of drug-likeness (QED) is 0.527. The maximum absolute atomic E-state index is 12.8. The van der Waals surface area contributed by atoms with Gasteiger partial charge in [0.1, 0.15) is 0 Å². The largest absolute Gasteiger partial charge is 0.348 e. The molecule has 1 saturated heterocycles. The second-order valence-corrected chi connectivity index (χ2v) is 6.00. The molecule has 0 unspecified atom stereocenters. The first-order valence-electron chi connectivity index (χ1n) is 8.03. The molecule has 7 heteroatoms. The fourth-order valence-corrected chi connectivity index (χ4v) is 3.28. The van der Waals surface area contributed by atoms with Crippen LogP contribution in [0.15, 0.2) is 41.5 Å². The Hall–Kier alpha value is -2.90. The lowest BCUT2D eigenvalue weighted by Crippen LogP contribution is -2.21. The summed E-state index contributed by atoms with van der Waals surface area (Å²) in [4.78, 5) is 33.9. The number of hydrogen-bond donors (Lipinski definition) is 0. The lowest BCUT2D eigenvalue weighted by atomic mass is 10.1. The first kappa shape index (κ1) is 14.4. The molecule has 0 atom stereocenters. The fraction of sp³-hybridized carbons (Fsp3) is 0.222. The van der Waals surface area contributed by atoms with E-state index in [4.69, 9.17) is 9.47 Å². The summed E-state index contributed by atoms with van der Waals surface area (Å²) >= 11 is 0. The molecule has 1 aromatic carbocycles. The van der Waals surface area contributed by atoms with Crippen molar-refractivity contribution < 1.29 is 14.3 Å². The van der Waals surface area contributed by atoms with Gasteiger partial charge in [0.2, 0.25) is 5.78 Å². The van der Waals surface area contributed by atoms with Crippen molar-refractivity contribution in [2.75, 3.05) is 13.2 Å². The Morgan fingerprint density at radius 3 is 2.80 bits per heavy atom. The number of pyridine rings is 1. The number of aromatic nitrogens is 3. The molecule has 2 aliphatic heterocycles. The third kappa shape index (κ3) is 2.06. The minimum atomic E-state index is -0.483. The van der Waals surface area contributed by atoms with Gasteiger partial charge in [0.05, 0.1) is 35.4 Å². The Morgan fingerprint density at radius 1 is 1.12 bits per heavy atom. The van der Waals surface area contributed by atoms with Gasteiger partial charge in [-0.25, -0.2) is 4.98 Å². The molecule has 0 aliphatic carbocycles. The molecule has 25 heavy (non-hydrogen) atoms. The van der Waals surface area contributed by atoms with Crippen LogP contribution in [0, 0.1) is 0 Å². The molecule has 0 radical (unpaired) electrons. The van der Waals surface area contributed by atoms with Crippen LogP contribution >= 0.6 is 0 Å². The maximum atomic E-state index is 12.8. The summed E-state index contributed by atoms with van der Waals surface area (Å²) in [5.74, 6) is -0.148. The van der Waals surface area contributed by atoms with Gasteiger partial charge in [-0.3, -0.25) is 19.1 Å².